The fraction of sp³-hybridized carbons (Fsp3) is 0.571. The average Bonchev–Trinajstić information content (AvgIpc) is 3.05. The Kier molecular flexibility index (Phi) is 5.91. The minimum Gasteiger partial charge on any atom is -0.444 e. The summed E-state index contributed by atoms with van der Waals surface area (Å²) in [5, 5.41) is 2.96. The Morgan fingerprint density at radius 2 is 2.04 bits per heavy atom. The van der Waals surface area contributed by atoms with Crippen molar-refractivity contribution in [3.05, 3.63) is 30.1 Å². The Morgan fingerprint density at radius 3 is 2.71 bits per heavy atom. The van der Waals surface area contributed by atoms with Crippen LogP contribution in [-0.2, 0) is 4.74 Å². The molecule has 7 nitrogen and oxygen atoms in total. The van der Waals surface area contributed by atoms with Gasteiger partial charge in [0.05, 0.1) is 11.0 Å². The van der Waals surface area contributed by atoms with Crippen LogP contribution in [0.2, 0.25) is 0 Å². The number of rotatable bonds is 4. The number of fused-ring (bicyclic) bond motifs is 1. The van der Waals surface area contributed by atoms with Crippen LogP contribution in [0.3, 0.4) is 0 Å². The Bertz CT molecular complexity index is 807. The molecule has 1 saturated carbocycles. The first kappa shape index (κ1) is 20.2. The van der Waals surface area contributed by atoms with Crippen molar-refractivity contribution in [1.82, 2.24) is 20.2 Å². The van der Waals surface area contributed by atoms with Crippen LogP contribution in [0.25, 0.3) is 11.0 Å². The highest BCUT2D eigenvalue weighted by atomic mass is 16.6. The summed E-state index contributed by atoms with van der Waals surface area (Å²) in [5.41, 5.74) is 1.12. The zero-order valence-corrected chi connectivity index (χ0v) is 17.1. The zero-order valence-electron chi connectivity index (χ0n) is 17.1. The number of aromatic nitrogens is 2. The molecular formula is C21H30N4O3. The van der Waals surface area contributed by atoms with Gasteiger partial charge in [-0.15, -0.1) is 0 Å². The monoisotopic (exact) mass is 386 g/mol. The second-order valence-corrected chi connectivity index (χ2v) is 8.36. The molecule has 0 bridgehead atoms. The summed E-state index contributed by atoms with van der Waals surface area (Å²) in [6, 6.07) is 7.70. The van der Waals surface area contributed by atoms with E-state index < -0.39 is 11.7 Å². The maximum atomic E-state index is 13.1. The van der Waals surface area contributed by atoms with E-state index in [9.17, 15) is 9.59 Å². The minimum atomic E-state index is -0.523. The second-order valence-electron chi connectivity index (χ2n) is 8.36. The molecule has 7 heteroatoms. The number of carbonyl (C=O) groups excluding carboxylic acids is 2. The van der Waals surface area contributed by atoms with Gasteiger partial charge in [-0.25, -0.2) is 9.78 Å². The van der Waals surface area contributed by atoms with Crippen molar-refractivity contribution >= 4 is 23.0 Å². The van der Waals surface area contributed by atoms with E-state index in [1.807, 2.05) is 56.9 Å². The average molecular weight is 386 g/mol. The smallest absolute Gasteiger partial charge is 0.407 e. The molecule has 2 aromatic rings. The molecule has 1 aromatic carbocycles. The van der Waals surface area contributed by atoms with E-state index >= 15 is 0 Å². The highest BCUT2D eigenvalue weighted by molar-refractivity contribution is 5.94. The van der Waals surface area contributed by atoms with Gasteiger partial charge in [-0.3, -0.25) is 4.79 Å². The summed E-state index contributed by atoms with van der Waals surface area (Å²) in [6.07, 6.45) is 3.09. The molecule has 2 N–H and O–H groups in total. The van der Waals surface area contributed by atoms with Crippen molar-refractivity contribution in [3.63, 3.8) is 0 Å². The van der Waals surface area contributed by atoms with Gasteiger partial charge in [0, 0.05) is 18.6 Å². The number of benzene rings is 1. The standard InChI is InChI=1S/C21H30N4O3/c1-5-25(19(26)18-23-16-11-6-7-12-17(16)24-18)15-10-8-9-14(13-15)22-20(27)28-21(2,3)4/h6-7,11-12,14-15H,5,8-10,13H2,1-4H3,(H,22,27)(H,23,24)/t14-,15+/m1/s1. The summed E-state index contributed by atoms with van der Waals surface area (Å²) < 4.78 is 5.37. The van der Waals surface area contributed by atoms with Crippen LogP contribution in [-0.4, -0.2) is 51.1 Å². The van der Waals surface area contributed by atoms with E-state index in [0.717, 1.165) is 36.7 Å². The van der Waals surface area contributed by atoms with Crippen molar-refractivity contribution in [1.29, 1.82) is 0 Å². The van der Waals surface area contributed by atoms with E-state index in [-0.39, 0.29) is 18.0 Å². The van der Waals surface area contributed by atoms with Crippen LogP contribution in [0, 0.1) is 0 Å². The summed E-state index contributed by atoms with van der Waals surface area (Å²) >= 11 is 0. The Balaban J connectivity index is 1.67. The lowest BCUT2D eigenvalue weighted by Gasteiger charge is -2.37. The van der Waals surface area contributed by atoms with E-state index in [0.29, 0.717) is 12.4 Å². The lowest BCUT2D eigenvalue weighted by molar-refractivity contribution is 0.0459. The number of nitrogens with one attached hydrogen (secondary N) is 2. The van der Waals surface area contributed by atoms with Crippen molar-refractivity contribution < 1.29 is 14.3 Å². The summed E-state index contributed by atoms with van der Waals surface area (Å²) in [4.78, 5) is 34.6. The molecule has 1 heterocycles. The topological polar surface area (TPSA) is 87.3 Å². The van der Waals surface area contributed by atoms with Crippen LogP contribution in [0.4, 0.5) is 4.79 Å². The predicted octanol–water partition coefficient (Wildman–Crippen LogP) is 3.86. The number of imidazole rings is 1. The molecule has 0 saturated heterocycles. The number of hydrogen-bond donors (Lipinski definition) is 2. The molecule has 0 spiro atoms. The van der Waals surface area contributed by atoms with Gasteiger partial charge >= 0.3 is 6.09 Å². The number of aromatic amines is 1. The molecule has 2 atom stereocenters. The van der Waals surface area contributed by atoms with E-state index in [1.165, 1.54) is 0 Å². The third-order valence-electron chi connectivity index (χ3n) is 5.00. The molecule has 3 rings (SSSR count). The third kappa shape index (κ3) is 4.82. The maximum Gasteiger partial charge on any atom is 0.407 e. The van der Waals surface area contributed by atoms with Crippen LogP contribution in [0.5, 0.6) is 0 Å². The van der Waals surface area contributed by atoms with Gasteiger partial charge in [0.15, 0.2) is 5.82 Å². The first-order valence-electron chi connectivity index (χ1n) is 10.0. The maximum absolute atomic E-state index is 13.1. The SMILES string of the molecule is CCN(C(=O)c1nc2ccccc2[nH]1)[C@H]1CCC[C@@H](NC(=O)OC(C)(C)C)C1. The number of amides is 2. The van der Waals surface area contributed by atoms with Gasteiger partial charge in [0.2, 0.25) is 0 Å². The van der Waals surface area contributed by atoms with Crippen molar-refractivity contribution in [2.24, 2.45) is 0 Å². The van der Waals surface area contributed by atoms with Gasteiger partial charge in [-0.1, -0.05) is 12.1 Å². The number of H-pyrrole nitrogens is 1. The third-order valence-corrected chi connectivity index (χ3v) is 5.00. The molecule has 152 valence electrons. The number of ether oxygens (including phenoxy) is 1. The summed E-state index contributed by atoms with van der Waals surface area (Å²) in [7, 11) is 0. The van der Waals surface area contributed by atoms with Gasteiger partial charge in [0.1, 0.15) is 5.60 Å². The van der Waals surface area contributed by atoms with Gasteiger partial charge < -0.3 is 19.9 Å². The Morgan fingerprint density at radius 1 is 1.29 bits per heavy atom. The van der Waals surface area contributed by atoms with Crippen LogP contribution in [0.1, 0.15) is 64.0 Å². The normalized spacial score (nSPS) is 20.0. The highest BCUT2D eigenvalue weighted by Crippen LogP contribution is 2.25. The number of nitrogens with zero attached hydrogens (tertiary/aromatic N) is 2. The first-order valence-corrected chi connectivity index (χ1v) is 10.0. The molecule has 1 aliphatic carbocycles. The number of para-hydroxylation sites is 2. The Hall–Kier alpha value is -2.57. The molecule has 1 aromatic heterocycles. The largest absolute Gasteiger partial charge is 0.444 e. The van der Waals surface area contributed by atoms with Crippen molar-refractivity contribution in [3.8, 4) is 0 Å². The molecule has 1 fully saturated rings. The van der Waals surface area contributed by atoms with Crippen LogP contribution in [0.15, 0.2) is 24.3 Å². The molecule has 0 unspecified atom stereocenters. The van der Waals surface area contributed by atoms with Crippen LogP contribution < -0.4 is 5.32 Å². The fourth-order valence-electron chi connectivity index (χ4n) is 3.81. The van der Waals surface area contributed by atoms with Crippen LogP contribution >= 0.6 is 0 Å². The van der Waals surface area contributed by atoms with Crippen molar-refractivity contribution in [2.45, 2.75) is 71.1 Å². The van der Waals surface area contributed by atoms with Gasteiger partial charge in [0.25, 0.3) is 5.91 Å². The molecule has 0 radical (unpaired) electrons. The second kappa shape index (κ2) is 8.20. The molecule has 28 heavy (non-hydrogen) atoms. The predicted molar refractivity (Wildman–Crippen MR) is 108 cm³/mol. The molecule has 2 amide bonds. The van der Waals surface area contributed by atoms with E-state index in [2.05, 4.69) is 15.3 Å². The number of hydrogen-bond acceptors (Lipinski definition) is 4. The van der Waals surface area contributed by atoms with Gasteiger partial charge in [-0.05, 0) is 65.5 Å². The zero-order chi connectivity index (χ0) is 20.3. The first-order chi connectivity index (χ1) is 13.3. The lowest BCUT2D eigenvalue weighted by atomic mass is 9.90. The van der Waals surface area contributed by atoms with Crippen molar-refractivity contribution in [2.75, 3.05) is 6.54 Å². The van der Waals surface area contributed by atoms with E-state index in [4.69, 9.17) is 4.74 Å². The fourth-order valence-corrected chi connectivity index (χ4v) is 3.81. The highest BCUT2D eigenvalue weighted by Gasteiger charge is 2.32. The number of alkyl carbamates (subject to hydrolysis) is 1. The lowest BCUT2D eigenvalue weighted by Crippen LogP contribution is -2.49. The number of carbonyl (C=O) groups is 2. The molecule has 0 aliphatic heterocycles. The minimum absolute atomic E-state index is 0.00567. The molecule has 1 aliphatic rings. The quantitative estimate of drug-likeness (QED) is 0.835. The Labute approximate surface area is 165 Å². The van der Waals surface area contributed by atoms with E-state index in [1.54, 1.807) is 0 Å². The summed E-state index contributed by atoms with van der Waals surface area (Å²) in [6.45, 7) is 8.12. The van der Waals surface area contributed by atoms with Gasteiger partial charge in [-0.2, -0.15) is 0 Å². The molecular weight excluding hydrogens is 356 g/mol. The summed E-state index contributed by atoms with van der Waals surface area (Å²) in [5.74, 6) is 0.270.